The second-order valence-electron chi connectivity index (χ2n) is 43.9. The van der Waals surface area contributed by atoms with Gasteiger partial charge >= 0.3 is 0 Å². The van der Waals surface area contributed by atoms with Gasteiger partial charge in [-0.3, -0.25) is 9.36 Å². The molecule has 0 saturated heterocycles. The van der Waals surface area contributed by atoms with Crippen LogP contribution in [0, 0.1) is 0 Å². The maximum Gasteiger partial charge on any atom is 0.232 e. The fraction of sp³-hybridized carbons (Fsp3) is 0.791. The Kier molecular flexibility index (Phi) is 46.2. The van der Waals surface area contributed by atoms with Gasteiger partial charge in [-0.05, 0) is 121 Å². The van der Waals surface area contributed by atoms with Gasteiger partial charge < -0.3 is 18.0 Å². The first-order chi connectivity index (χ1) is 45.7. The van der Waals surface area contributed by atoms with Crippen molar-refractivity contribution >= 4 is 0 Å². The first kappa shape index (κ1) is 121. The van der Waals surface area contributed by atoms with Crippen molar-refractivity contribution in [3.8, 4) is 0 Å². The number of aromatic nitrogens is 18. The van der Waals surface area contributed by atoms with Crippen molar-refractivity contribution in [2.45, 2.75) is 479 Å². The molecule has 112 heavy (non-hydrogen) atoms. The van der Waals surface area contributed by atoms with Gasteiger partial charge in [0.2, 0.25) is 23.6 Å². The molecule has 0 amide bonds. The van der Waals surface area contributed by atoms with Gasteiger partial charge in [-0.15, -0.1) is 15.3 Å². The fourth-order valence-corrected chi connectivity index (χ4v) is 7.61. The zero-order valence-corrected chi connectivity index (χ0v) is 75.4. The van der Waals surface area contributed by atoms with Gasteiger partial charge in [0, 0.05) is 84.5 Å². The molecule has 0 unspecified atom stereocenters. The average Bonchev–Trinajstić information content (AvgIpc) is 1.75. The molecule has 21 nitrogen and oxygen atoms in total. The van der Waals surface area contributed by atoms with Gasteiger partial charge in [-0.25, -0.2) is 9.67 Å². The van der Waals surface area contributed by atoms with E-state index in [0.717, 1.165) is 34.4 Å². The van der Waals surface area contributed by atoms with Gasteiger partial charge in [0.1, 0.15) is 0 Å². The summed E-state index contributed by atoms with van der Waals surface area (Å²) in [5.41, 5.74) is 6.37. The number of nitrogens with zero attached hydrogens (tertiary/aromatic N) is 18. The highest BCUT2D eigenvalue weighted by molar-refractivity contribution is 5.17. The van der Waals surface area contributed by atoms with E-state index in [1.165, 1.54) is 5.56 Å². The van der Waals surface area contributed by atoms with Crippen LogP contribution in [0.25, 0.3) is 0 Å². The zero-order valence-electron chi connectivity index (χ0n) is 75.4. The zero-order chi connectivity index (χ0) is 82.2. The lowest BCUT2D eigenvalue weighted by Gasteiger charge is -2.20. The second kappa shape index (κ2) is 42.8. The molecule has 8 rings (SSSR count). The third kappa shape index (κ3) is 41.6. The molecule has 8 aromatic heterocycles. The Morgan fingerprint density at radius 2 is 0.643 bits per heavy atom. The van der Waals surface area contributed by atoms with Crippen molar-refractivity contribution in [3.63, 3.8) is 0 Å². The second-order valence-corrected chi connectivity index (χ2v) is 43.9. The summed E-state index contributed by atoms with van der Waals surface area (Å²) in [5, 5.41) is 42.0. The molecule has 0 aliphatic rings. The topological polar surface area (TPSA) is 232 Å². The maximum absolute atomic E-state index is 5.59. The van der Waals surface area contributed by atoms with Crippen molar-refractivity contribution in [3.05, 3.63) is 113 Å². The number of hydrogen-bond donors (Lipinski definition) is 0. The molecule has 0 fully saturated rings. The van der Waals surface area contributed by atoms with Crippen molar-refractivity contribution in [2.24, 2.45) is 0 Å². The normalized spacial score (nSPS) is 12.4. The van der Waals surface area contributed by atoms with Gasteiger partial charge in [0.05, 0.1) is 63.7 Å². The van der Waals surface area contributed by atoms with Crippen molar-refractivity contribution in [2.75, 3.05) is 0 Å². The van der Waals surface area contributed by atoms with Gasteiger partial charge in [-0.2, -0.15) is 35.2 Å². The lowest BCUT2D eigenvalue weighted by Crippen LogP contribution is -2.25. The predicted molar refractivity (Wildman–Crippen MR) is 484 cm³/mol. The molecular formula is C91H184N18O3. The Hall–Kier alpha value is -6.67. The van der Waals surface area contributed by atoms with Crippen LogP contribution in [0.5, 0.6) is 0 Å². The van der Waals surface area contributed by atoms with E-state index >= 15 is 0 Å². The molecule has 0 aliphatic carbocycles. The lowest BCUT2D eigenvalue weighted by molar-refractivity contribution is 0.308. The van der Waals surface area contributed by atoms with Gasteiger partial charge in [-0.1, -0.05) is 303 Å². The number of imidazole rings is 1. The van der Waals surface area contributed by atoms with Crippen LogP contribution < -0.4 is 0 Å². The van der Waals surface area contributed by atoms with E-state index in [2.05, 4.69) is 428 Å². The SMILES string of the molecule is C.C.C.C.C.C.C.C.CC(C)(C)c1ccn(C(C)(C)C)n1.CC(C)(C)c1cn(C(C)(C)C)cn1.CC(C)(C)c1cn(C(C)(C)C)nn1.CC(C)(C)c1cnn(C(C)(C)C)c1.CC(C)(C)c1cnn(C(C)(C)C)n1.CC(C)(C)c1nnc(C(C)(C)C)o1.CC(C)(C)c1noc(C(C)(C)C)n1.CC(C)(C)c1noc(C(C)(C)C)n1. The van der Waals surface area contributed by atoms with Crippen LogP contribution in [0.2, 0.25) is 0 Å². The number of hydrogen-bond acceptors (Lipinski definition) is 16. The van der Waals surface area contributed by atoms with E-state index in [1.807, 2.05) is 39.0 Å². The quantitative estimate of drug-likeness (QED) is 0.137. The van der Waals surface area contributed by atoms with E-state index in [4.69, 9.17) is 13.5 Å². The fourth-order valence-electron chi connectivity index (χ4n) is 7.61. The summed E-state index contributed by atoms with van der Waals surface area (Å²) in [4.78, 5) is 14.9. The van der Waals surface area contributed by atoms with Crippen LogP contribution in [0.3, 0.4) is 0 Å². The molecule has 0 atom stereocenters. The molecule has 0 radical (unpaired) electrons. The van der Waals surface area contributed by atoms with Gasteiger partial charge in [0.15, 0.2) is 11.6 Å². The summed E-state index contributed by atoms with van der Waals surface area (Å²) in [6, 6.07) is 2.10. The first-order valence-corrected chi connectivity index (χ1v) is 37.3. The summed E-state index contributed by atoms with van der Waals surface area (Å²) in [6.07, 6.45) is 14.1. The predicted octanol–water partition coefficient (Wildman–Crippen LogP) is 26.6. The molecule has 21 heteroatoms. The molecule has 0 aromatic carbocycles. The minimum absolute atomic E-state index is 0. The van der Waals surface area contributed by atoms with Crippen molar-refractivity contribution in [1.82, 2.24) is 89.6 Å². The summed E-state index contributed by atoms with van der Waals surface area (Å²) in [5.74, 6) is 4.37. The van der Waals surface area contributed by atoms with Crippen molar-refractivity contribution in [1.29, 1.82) is 0 Å². The van der Waals surface area contributed by atoms with Gasteiger partial charge in [0.25, 0.3) is 0 Å². The summed E-state index contributed by atoms with van der Waals surface area (Å²) < 4.78 is 24.1. The van der Waals surface area contributed by atoms with E-state index in [-0.39, 0.29) is 147 Å². The maximum atomic E-state index is 5.59. The highest BCUT2D eigenvalue weighted by atomic mass is 16.5. The Labute approximate surface area is 691 Å². The van der Waals surface area contributed by atoms with E-state index in [0.29, 0.717) is 23.6 Å². The molecule has 0 bridgehead atoms. The lowest BCUT2D eigenvalue weighted by atomic mass is 9.90. The Balaban J connectivity index is -0.000000182. The molecule has 8 aromatic rings. The van der Waals surface area contributed by atoms with Crippen LogP contribution in [0.15, 0.2) is 63.0 Å². The molecule has 0 saturated carbocycles. The van der Waals surface area contributed by atoms with E-state index in [9.17, 15) is 0 Å². The first-order valence-electron chi connectivity index (χ1n) is 37.3. The molecular weight excluding hydrogens is 1390 g/mol. The van der Waals surface area contributed by atoms with Crippen LogP contribution >= 0.6 is 0 Å². The summed E-state index contributed by atoms with van der Waals surface area (Å²) >= 11 is 0. The smallest absolute Gasteiger partial charge is 0.232 e. The van der Waals surface area contributed by atoms with E-state index < -0.39 is 0 Å². The highest BCUT2D eigenvalue weighted by Crippen LogP contribution is 2.31. The van der Waals surface area contributed by atoms with Crippen LogP contribution in [-0.2, 0) is 87.3 Å². The largest absolute Gasteiger partial charge is 0.424 e. The Bertz CT molecular complexity index is 2820. The Morgan fingerprint density at radius 3 is 0.821 bits per heavy atom. The van der Waals surface area contributed by atoms with Crippen molar-refractivity contribution < 1.29 is 13.5 Å². The molecule has 0 spiro atoms. The number of rotatable bonds is 0. The van der Waals surface area contributed by atoms with Crippen LogP contribution in [0.1, 0.15) is 455 Å². The standard InChI is InChI=1S/3C11H20N2.2C10H19N3.3C10H18N2O.8CH4/c1-10(2,3)9-7-13(8-12-9)11(4,5)6;1-10(2,3)9-7-12-13(8-9)11(4,5)6;1-10(2,3)9-7-8-13(12-9)11(4,5)6;1-9(2,3)8-7-13(12-11-8)10(4,5)6;1-9(2,3)8-7-11-13(12-8)10(4,5)6;1-9(2,3)7-11-12-8(13-7)10(4,5)6;2*1-9(2,3)7-11-8(13-12-7)10(4,5)6;;;;;;;;/h3*7-8H,1-6H3;2*7H,1-6H3;3*1-6H3;8*1H4. The molecule has 656 valence electrons. The van der Waals surface area contributed by atoms with E-state index in [1.54, 1.807) is 4.80 Å². The minimum Gasteiger partial charge on any atom is -0.424 e. The molecule has 0 aliphatic heterocycles. The third-order valence-electron chi connectivity index (χ3n) is 15.3. The summed E-state index contributed by atoms with van der Waals surface area (Å²) in [7, 11) is 0. The Morgan fingerprint density at radius 1 is 0.286 bits per heavy atom. The third-order valence-corrected chi connectivity index (χ3v) is 15.3. The monoisotopic (exact) mass is 1580 g/mol. The summed E-state index contributed by atoms with van der Waals surface area (Å²) in [6.45, 7) is 102. The molecule has 0 N–H and O–H groups in total. The minimum atomic E-state index is -0.0590. The average molecular weight is 1580 g/mol. The highest BCUT2D eigenvalue weighted by Gasteiger charge is 2.31. The van der Waals surface area contributed by atoms with Crippen LogP contribution in [-0.4, -0.2) is 89.6 Å². The molecule has 8 heterocycles. The van der Waals surface area contributed by atoms with Crippen LogP contribution in [0.4, 0.5) is 0 Å².